The molecule has 0 saturated carbocycles. The Labute approximate surface area is 147 Å². The van der Waals surface area contributed by atoms with Gasteiger partial charge in [0.1, 0.15) is 11.8 Å². The molecule has 1 aromatic rings. The van der Waals surface area contributed by atoms with Crippen LogP contribution in [-0.4, -0.2) is 60.5 Å². The largest absolute Gasteiger partial charge is 0.456 e. The van der Waals surface area contributed by atoms with E-state index in [0.29, 0.717) is 44.8 Å². The van der Waals surface area contributed by atoms with Crippen molar-refractivity contribution in [2.75, 3.05) is 32.8 Å². The molecule has 134 valence electrons. The molecule has 7 nitrogen and oxygen atoms in total. The van der Waals surface area contributed by atoms with Gasteiger partial charge in [0.15, 0.2) is 5.76 Å². The van der Waals surface area contributed by atoms with Crippen LogP contribution in [0.5, 0.6) is 0 Å². The lowest BCUT2D eigenvalue weighted by atomic mass is 9.94. The molecule has 0 aliphatic carbocycles. The maximum absolute atomic E-state index is 12.7. The van der Waals surface area contributed by atoms with Crippen LogP contribution in [0.4, 0.5) is 0 Å². The Morgan fingerprint density at radius 1 is 1.28 bits per heavy atom. The van der Waals surface area contributed by atoms with Crippen molar-refractivity contribution in [3.05, 3.63) is 23.7 Å². The van der Waals surface area contributed by atoms with Gasteiger partial charge in [-0.05, 0) is 25.0 Å². The monoisotopic (exact) mass is 345 g/mol. The fraction of sp³-hybridized carbons (Fsp3) is 0.611. The summed E-state index contributed by atoms with van der Waals surface area (Å²) in [7, 11) is 0. The number of piperidine rings is 1. The third-order valence-corrected chi connectivity index (χ3v) is 4.91. The number of carbonyl (C=O) groups excluding carboxylic acids is 2. The van der Waals surface area contributed by atoms with E-state index in [1.807, 2.05) is 13.0 Å². The number of hydrogen-bond donors (Lipinski definition) is 0. The Bertz CT molecular complexity index is 670. The molecule has 2 aliphatic heterocycles. The molecule has 1 atom stereocenters. The molecule has 2 fully saturated rings. The number of nitriles is 1. The minimum absolute atomic E-state index is 0.00761. The van der Waals surface area contributed by atoms with Gasteiger partial charge in [-0.25, -0.2) is 0 Å². The van der Waals surface area contributed by atoms with Crippen LogP contribution in [0.3, 0.4) is 0 Å². The van der Waals surface area contributed by atoms with Crippen molar-refractivity contribution in [1.82, 2.24) is 9.80 Å². The number of amides is 2. The zero-order valence-corrected chi connectivity index (χ0v) is 14.4. The molecule has 25 heavy (non-hydrogen) atoms. The first-order valence-corrected chi connectivity index (χ1v) is 8.79. The van der Waals surface area contributed by atoms with Crippen molar-refractivity contribution in [1.29, 1.82) is 5.26 Å². The van der Waals surface area contributed by atoms with Gasteiger partial charge in [-0.3, -0.25) is 9.59 Å². The SMILES string of the molecule is CCc1ccc(C(=O)N2CCC(C(=O)N3CCOCC3C#N)CC2)o1. The average molecular weight is 345 g/mol. The van der Waals surface area contributed by atoms with E-state index in [-0.39, 0.29) is 24.3 Å². The van der Waals surface area contributed by atoms with E-state index in [1.54, 1.807) is 15.9 Å². The Morgan fingerprint density at radius 2 is 2.04 bits per heavy atom. The molecule has 2 aliphatic rings. The van der Waals surface area contributed by atoms with Crippen molar-refractivity contribution in [2.45, 2.75) is 32.2 Å². The molecule has 7 heteroatoms. The molecule has 2 amide bonds. The summed E-state index contributed by atoms with van der Waals surface area (Å²) in [5.41, 5.74) is 0. The molecule has 1 unspecified atom stereocenters. The van der Waals surface area contributed by atoms with Crippen molar-refractivity contribution >= 4 is 11.8 Å². The second-order valence-corrected chi connectivity index (χ2v) is 6.44. The summed E-state index contributed by atoms with van der Waals surface area (Å²) >= 11 is 0. The molecule has 0 aromatic carbocycles. The summed E-state index contributed by atoms with van der Waals surface area (Å²) in [6, 6.07) is 5.17. The zero-order chi connectivity index (χ0) is 17.8. The van der Waals surface area contributed by atoms with E-state index in [4.69, 9.17) is 9.15 Å². The number of aryl methyl sites for hydroxylation is 1. The second kappa shape index (κ2) is 7.70. The maximum Gasteiger partial charge on any atom is 0.289 e. The molecule has 2 saturated heterocycles. The smallest absolute Gasteiger partial charge is 0.289 e. The van der Waals surface area contributed by atoms with Gasteiger partial charge in [-0.1, -0.05) is 6.92 Å². The van der Waals surface area contributed by atoms with E-state index in [2.05, 4.69) is 6.07 Å². The van der Waals surface area contributed by atoms with Crippen LogP contribution < -0.4 is 0 Å². The van der Waals surface area contributed by atoms with E-state index < -0.39 is 6.04 Å². The van der Waals surface area contributed by atoms with Crippen LogP contribution in [0.1, 0.15) is 36.1 Å². The van der Waals surface area contributed by atoms with Crippen LogP contribution in [0.25, 0.3) is 0 Å². The first-order chi connectivity index (χ1) is 12.1. The molecule has 0 radical (unpaired) electrons. The standard InChI is InChI=1S/C18H23N3O4/c1-2-15-3-4-16(25-15)18(23)20-7-5-13(6-8-20)17(22)21-9-10-24-12-14(21)11-19/h3-4,13-14H,2,5-10,12H2,1H3. The van der Waals surface area contributed by atoms with Crippen molar-refractivity contribution in [3.63, 3.8) is 0 Å². The molecular formula is C18H23N3O4. The number of hydrogen-bond acceptors (Lipinski definition) is 5. The highest BCUT2D eigenvalue weighted by Gasteiger charge is 2.35. The van der Waals surface area contributed by atoms with E-state index in [9.17, 15) is 14.9 Å². The van der Waals surface area contributed by atoms with Gasteiger partial charge in [0.05, 0.1) is 19.3 Å². The predicted octanol–water partition coefficient (Wildman–Crippen LogP) is 1.45. The number of morpholine rings is 1. The molecule has 1 aromatic heterocycles. The van der Waals surface area contributed by atoms with Crippen molar-refractivity contribution in [3.8, 4) is 6.07 Å². The second-order valence-electron chi connectivity index (χ2n) is 6.44. The normalized spacial score (nSPS) is 21.8. The number of furan rings is 1. The lowest BCUT2D eigenvalue weighted by Gasteiger charge is -2.37. The lowest BCUT2D eigenvalue weighted by Crippen LogP contribution is -2.52. The summed E-state index contributed by atoms with van der Waals surface area (Å²) in [5.74, 6) is 0.906. The molecule has 0 bridgehead atoms. The highest BCUT2D eigenvalue weighted by molar-refractivity contribution is 5.91. The topological polar surface area (TPSA) is 86.8 Å². The fourth-order valence-corrected chi connectivity index (χ4v) is 3.38. The Balaban J connectivity index is 1.57. The van der Waals surface area contributed by atoms with Crippen LogP contribution in [0.15, 0.2) is 16.5 Å². The number of rotatable bonds is 3. The first-order valence-electron chi connectivity index (χ1n) is 8.79. The van der Waals surface area contributed by atoms with Crippen molar-refractivity contribution < 1.29 is 18.7 Å². The average Bonchev–Trinajstić information content (AvgIpc) is 3.16. The number of nitrogens with zero attached hydrogens (tertiary/aromatic N) is 3. The Hall–Kier alpha value is -2.33. The molecule has 3 rings (SSSR count). The van der Waals surface area contributed by atoms with E-state index >= 15 is 0 Å². The number of ether oxygens (including phenoxy) is 1. The summed E-state index contributed by atoms with van der Waals surface area (Å²) < 4.78 is 10.8. The highest BCUT2D eigenvalue weighted by atomic mass is 16.5. The van der Waals surface area contributed by atoms with Crippen LogP contribution in [0, 0.1) is 17.2 Å². The van der Waals surface area contributed by atoms with Gasteiger partial charge in [0.2, 0.25) is 5.91 Å². The zero-order valence-electron chi connectivity index (χ0n) is 14.4. The van der Waals surface area contributed by atoms with Crippen molar-refractivity contribution in [2.24, 2.45) is 5.92 Å². The van der Waals surface area contributed by atoms with Gasteiger partial charge in [0, 0.05) is 32.0 Å². The first kappa shape index (κ1) is 17.5. The molecular weight excluding hydrogens is 322 g/mol. The predicted molar refractivity (Wildman–Crippen MR) is 88.6 cm³/mol. The Morgan fingerprint density at radius 3 is 2.68 bits per heavy atom. The minimum Gasteiger partial charge on any atom is -0.456 e. The van der Waals surface area contributed by atoms with Crippen LogP contribution in [-0.2, 0) is 16.0 Å². The Kier molecular flexibility index (Phi) is 5.39. The van der Waals surface area contributed by atoms with Crippen LogP contribution >= 0.6 is 0 Å². The third-order valence-electron chi connectivity index (χ3n) is 4.91. The fourth-order valence-electron chi connectivity index (χ4n) is 3.38. The molecule has 0 spiro atoms. The summed E-state index contributed by atoms with van der Waals surface area (Å²) in [6.07, 6.45) is 1.98. The van der Waals surface area contributed by atoms with Gasteiger partial charge in [-0.15, -0.1) is 0 Å². The minimum atomic E-state index is -0.503. The van der Waals surface area contributed by atoms with Gasteiger partial charge in [0.25, 0.3) is 5.91 Å². The highest BCUT2D eigenvalue weighted by Crippen LogP contribution is 2.23. The summed E-state index contributed by atoms with van der Waals surface area (Å²) in [6.45, 7) is 4.24. The number of likely N-dealkylation sites (tertiary alicyclic amines) is 1. The van der Waals surface area contributed by atoms with Gasteiger partial charge >= 0.3 is 0 Å². The molecule has 3 heterocycles. The van der Waals surface area contributed by atoms with Crippen LogP contribution in [0.2, 0.25) is 0 Å². The number of carbonyl (C=O) groups is 2. The third kappa shape index (κ3) is 3.69. The van der Waals surface area contributed by atoms with Gasteiger partial charge < -0.3 is 19.0 Å². The van der Waals surface area contributed by atoms with E-state index in [0.717, 1.165) is 12.2 Å². The molecule has 0 N–H and O–H groups in total. The van der Waals surface area contributed by atoms with Gasteiger partial charge in [-0.2, -0.15) is 5.26 Å². The van der Waals surface area contributed by atoms with E-state index in [1.165, 1.54) is 0 Å². The quantitative estimate of drug-likeness (QED) is 0.827. The summed E-state index contributed by atoms with van der Waals surface area (Å²) in [4.78, 5) is 28.6. The lowest BCUT2D eigenvalue weighted by molar-refractivity contribution is -0.143. The maximum atomic E-state index is 12.7. The summed E-state index contributed by atoms with van der Waals surface area (Å²) in [5, 5.41) is 9.18.